The van der Waals surface area contributed by atoms with E-state index in [4.69, 9.17) is 16.3 Å². The number of para-hydroxylation sites is 1. The maximum absolute atomic E-state index is 13.0. The number of sulfonamides is 1. The van der Waals surface area contributed by atoms with Crippen LogP contribution < -0.4 is 9.62 Å². The number of carbonyl (C=O) groups is 1. The van der Waals surface area contributed by atoms with E-state index in [0.29, 0.717) is 25.3 Å². The first-order valence-electron chi connectivity index (χ1n) is 10.4. The maximum Gasteiger partial charge on any atom is 0.254 e. The third-order valence-electron chi connectivity index (χ3n) is 5.68. The van der Waals surface area contributed by atoms with E-state index in [0.717, 1.165) is 31.6 Å². The molecule has 7 nitrogen and oxygen atoms in total. The minimum absolute atomic E-state index is 0.0825. The highest BCUT2D eigenvalue weighted by Gasteiger charge is 2.26. The highest BCUT2D eigenvalue weighted by atomic mass is 35.5. The molecule has 0 bridgehead atoms. The first-order chi connectivity index (χ1) is 14.9. The maximum atomic E-state index is 13.0. The van der Waals surface area contributed by atoms with Gasteiger partial charge in [-0.05, 0) is 43.2 Å². The SMILES string of the molecule is O=C(c1ccc(Cl)c(S(=O)(=O)NCC2CCCO2)c1)N1CCN(c2ccccc2)CC1. The molecule has 1 unspecified atom stereocenters. The zero-order valence-corrected chi connectivity index (χ0v) is 18.7. The van der Waals surface area contributed by atoms with E-state index in [1.807, 2.05) is 18.2 Å². The number of nitrogens with one attached hydrogen (secondary N) is 1. The normalized spacial score (nSPS) is 19.6. The van der Waals surface area contributed by atoms with Crippen LogP contribution in [0.25, 0.3) is 0 Å². The molecule has 0 spiro atoms. The molecule has 4 rings (SSSR count). The van der Waals surface area contributed by atoms with Crippen LogP contribution in [0.15, 0.2) is 53.4 Å². The summed E-state index contributed by atoms with van der Waals surface area (Å²) in [7, 11) is -3.85. The number of rotatable bonds is 6. The fourth-order valence-corrected chi connectivity index (χ4v) is 5.51. The van der Waals surface area contributed by atoms with Crippen molar-refractivity contribution < 1.29 is 17.9 Å². The molecule has 1 atom stereocenters. The number of halogens is 1. The zero-order valence-electron chi connectivity index (χ0n) is 17.2. The second kappa shape index (κ2) is 9.56. The Kier molecular flexibility index (Phi) is 6.81. The van der Waals surface area contributed by atoms with Gasteiger partial charge < -0.3 is 14.5 Å². The lowest BCUT2D eigenvalue weighted by Gasteiger charge is -2.36. The average molecular weight is 464 g/mol. The minimum atomic E-state index is -3.85. The largest absolute Gasteiger partial charge is 0.377 e. The van der Waals surface area contributed by atoms with Gasteiger partial charge in [0.15, 0.2) is 0 Å². The van der Waals surface area contributed by atoms with Crippen molar-refractivity contribution in [2.24, 2.45) is 0 Å². The number of carbonyl (C=O) groups excluding carboxylic acids is 1. The van der Waals surface area contributed by atoms with Crippen LogP contribution >= 0.6 is 11.6 Å². The van der Waals surface area contributed by atoms with E-state index in [1.54, 1.807) is 11.0 Å². The molecule has 2 aliphatic heterocycles. The molecule has 2 fully saturated rings. The summed E-state index contributed by atoms with van der Waals surface area (Å²) < 4.78 is 33.6. The van der Waals surface area contributed by atoms with E-state index in [9.17, 15) is 13.2 Å². The number of piperazine rings is 1. The summed E-state index contributed by atoms with van der Waals surface area (Å²) in [5.74, 6) is -0.194. The standard InChI is InChI=1S/C22H26ClN3O4S/c23-20-9-8-17(15-21(20)31(28,29)24-16-19-7-4-14-30-19)22(27)26-12-10-25(11-13-26)18-5-2-1-3-6-18/h1-3,5-6,8-9,15,19,24H,4,7,10-14,16H2. The Hall–Kier alpha value is -2.13. The molecule has 0 radical (unpaired) electrons. The Bertz CT molecular complexity index is 1020. The van der Waals surface area contributed by atoms with Crippen LogP contribution in [-0.2, 0) is 14.8 Å². The predicted octanol–water partition coefficient (Wildman–Crippen LogP) is 2.76. The van der Waals surface area contributed by atoms with Crippen LogP contribution in [0.2, 0.25) is 5.02 Å². The molecule has 9 heteroatoms. The van der Waals surface area contributed by atoms with Gasteiger partial charge >= 0.3 is 0 Å². The van der Waals surface area contributed by atoms with E-state index >= 15 is 0 Å². The molecule has 2 aromatic carbocycles. The zero-order chi connectivity index (χ0) is 21.8. The van der Waals surface area contributed by atoms with Gasteiger partial charge in [-0.25, -0.2) is 13.1 Å². The molecule has 2 aromatic rings. The number of amides is 1. The van der Waals surface area contributed by atoms with Gasteiger partial charge in [-0.1, -0.05) is 29.8 Å². The van der Waals surface area contributed by atoms with Gasteiger partial charge in [0.1, 0.15) is 4.90 Å². The molecule has 0 saturated carbocycles. The molecule has 2 saturated heterocycles. The number of anilines is 1. The van der Waals surface area contributed by atoms with Crippen molar-refractivity contribution >= 4 is 33.2 Å². The summed E-state index contributed by atoms with van der Waals surface area (Å²) in [5, 5.41) is 0.0882. The van der Waals surface area contributed by atoms with Crippen molar-refractivity contribution in [3.05, 3.63) is 59.1 Å². The van der Waals surface area contributed by atoms with Gasteiger partial charge in [-0.2, -0.15) is 0 Å². The summed E-state index contributed by atoms with van der Waals surface area (Å²) in [5.41, 5.74) is 1.45. The van der Waals surface area contributed by atoms with Gasteiger partial charge in [0.2, 0.25) is 10.0 Å². The fourth-order valence-electron chi connectivity index (χ4n) is 3.92. The van der Waals surface area contributed by atoms with Crippen molar-refractivity contribution in [1.29, 1.82) is 0 Å². The van der Waals surface area contributed by atoms with Crippen molar-refractivity contribution in [2.75, 3.05) is 44.2 Å². The second-order valence-corrected chi connectivity index (χ2v) is 9.89. The quantitative estimate of drug-likeness (QED) is 0.712. The Morgan fingerprint density at radius 1 is 1.10 bits per heavy atom. The highest BCUT2D eigenvalue weighted by molar-refractivity contribution is 7.89. The molecule has 2 aliphatic rings. The molecule has 31 heavy (non-hydrogen) atoms. The number of hydrogen-bond acceptors (Lipinski definition) is 5. The molecule has 1 N–H and O–H groups in total. The Morgan fingerprint density at radius 3 is 2.52 bits per heavy atom. The highest BCUT2D eigenvalue weighted by Crippen LogP contribution is 2.24. The van der Waals surface area contributed by atoms with Crippen molar-refractivity contribution in [2.45, 2.75) is 23.8 Å². The van der Waals surface area contributed by atoms with Gasteiger partial charge in [-0.3, -0.25) is 4.79 Å². The van der Waals surface area contributed by atoms with Crippen LogP contribution in [0, 0.1) is 0 Å². The summed E-state index contributed by atoms with van der Waals surface area (Å²) in [4.78, 5) is 16.9. The number of hydrogen-bond donors (Lipinski definition) is 1. The molecule has 0 aromatic heterocycles. The fraction of sp³-hybridized carbons (Fsp3) is 0.409. The second-order valence-electron chi connectivity index (χ2n) is 7.75. The van der Waals surface area contributed by atoms with Gasteiger partial charge in [0.25, 0.3) is 5.91 Å². The van der Waals surface area contributed by atoms with Crippen LogP contribution in [0.1, 0.15) is 23.2 Å². The van der Waals surface area contributed by atoms with Crippen LogP contribution in [-0.4, -0.2) is 64.7 Å². The smallest absolute Gasteiger partial charge is 0.254 e. The topological polar surface area (TPSA) is 78.9 Å². The lowest BCUT2D eigenvalue weighted by Crippen LogP contribution is -2.48. The monoisotopic (exact) mass is 463 g/mol. The van der Waals surface area contributed by atoms with Crippen molar-refractivity contribution in [3.63, 3.8) is 0 Å². The predicted molar refractivity (Wildman–Crippen MR) is 120 cm³/mol. The average Bonchev–Trinajstić information content (AvgIpc) is 3.32. The summed E-state index contributed by atoms with van der Waals surface area (Å²) >= 11 is 6.17. The Morgan fingerprint density at radius 2 is 1.84 bits per heavy atom. The molecular formula is C22H26ClN3O4S. The molecule has 0 aliphatic carbocycles. The van der Waals surface area contributed by atoms with Gasteiger partial charge in [-0.15, -0.1) is 0 Å². The van der Waals surface area contributed by atoms with E-state index in [-0.39, 0.29) is 28.5 Å². The summed E-state index contributed by atoms with van der Waals surface area (Å²) in [6, 6.07) is 14.5. The lowest BCUT2D eigenvalue weighted by atomic mass is 10.1. The number of benzene rings is 2. The van der Waals surface area contributed by atoms with Crippen LogP contribution in [0.5, 0.6) is 0 Å². The first-order valence-corrected chi connectivity index (χ1v) is 12.3. The van der Waals surface area contributed by atoms with Crippen molar-refractivity contribution in [3.8, 4) is 0 Å². The summed E-state index contributed by atoms with van der Waals surface area (Å²) in [6.45, 7) is 3.41. The Balaban J connectivity index is 1.43. The van der Waals surface area contributed by atoms with E-state index < -0.39 is 10.0 Å². The molecular weight excluding hydrogens is 438 g/mol. The third-order valence-corrected chi connectivity index (χ3v) is 7.59. The van der Waals surface area contributed by atoms with E-state index in [1.165, 1.54) is 12.1 Å². The minimum Gasteiger partial charge on any atom is -0.377 e. The van der Waals surface area contributed by atoms with Crippen LogP contribution in [0.4, 0.5) is 5.69 Å². The number of ether oxygens (including phenoxy) is 1. The number of nitrogens with zero attached hydrogens (tertiary/aromatic N) is 2. The molecule has 2 heterocycles. The van der Waals surface area contributed by atoms with Crippen molar-refractivity contribution in [1.82, 2.24) is 9.62 Å². The van der Waals surface area contributed by atoms with Gasteiger partial charge in [0.05, 0.1) is 11.1 Å². The molecule has 166 valence electrons. The van der Waals surface area contributed by atoms with Crippen LogP contribution in [0.3, 0.4) is 0 Å². The summed E-state index contributed by atoms with van der Waals surface area (Å²) in [6.07, 6.45) is 1.62. The third kappa shape index (κ3) is 5.20. The molecule has 1 amide bonds. The first kappa shape index (κ1) is 22.1. The Labute approximate surface area is 188 Å². The lowest BCUT2D eigenvalue weighted by molar-refractivity contribution is 0.0746. The van der Waals surface area contributed by atoms with Gasteiger partial charge in [0, 0.05) is 50.6 Å². The van der Waals surface area contributed by atoms with E-state index in [2.05, 4.69) is 21.8 Å².